The van der Waals surface area contributed by atoms with Crippen LogP contribution >= 0.6 is 0 Å². The first-order valence-corrected chi connectivity index (χ1v) is 6.86. The second-order valence-corrected chi connectivity index (χ2v) is 4.85. The Balaban J connectivity index is 0.00000312. The molecule has 0 saturated carbocycles. The Kier molecular flexibility index (Phi) is 6.52. The number of anilines is 1. The number of benzene rings is 2. The maximum atomic E-state index is 11.1. The standard InChI is InChI=1S/C15H13N3O6.H3N/c19-15(20)11-8-12(17(21)22)14(13(9-11)18(23)24)16-7-6-10-4-2-1-3-5-10;/h1-5,8-9,16H,6-7H2,(H,19,20);1H3. The summed E-state index contributed by atoms with van der Waals surface area (Å²) < 4.78 is 0. The van der Waals surface area contributed by atoms with Crippen LogP contribution in [0.1, 0.15) is 15.9 Å². The SMILES string of the molecule is O=C([O-])c1cc([N+](=O)[O-])c(NCCc2ccccc2)c([N+](=O)[O-])c1.[NH4+]. The third kappa shape index (κ3) is 4.72. The quantitative estimate of drug-likeness (QED) is 0.567. The fourth-order valence-electron chi connectivity index (χ4n) is 2.18. The molecule has 10 heteroatoms. The first-order chi connectivity index (χ1) is 11.4. The minimum atomic E-state index is -1.72. The van der Waals surface area contributed by atoms with E-state index in [0.717, 1.165) is 17.7 Å². The molecule has 2 rings (SSSR count). The van der Waals surface area contributed by atoms with Gasteiger partial charge < -0.3 is 21.4 Å². The van der Waals surface area contributed by atoms with E-state index in [1.54, 1.807) is 0 Å². The van der Waals surface area contributed by atoms with Crippen LogP contribution in [-0.4, -0.2) is 22.4 Å². The molecular weight excluding hydrogens is 332 g/mol. The number of carboxylic acids is 1. The molecule has 0 spiro atoms. The molecular formula is C15H16N4O6. The van der Waals surface area contributed by atoms with Crippen molar-refractivity contribution >= 4 is 23.0 Å². The average Bonchev–Trinajstić information content (AvgIpc) is 2.55. The van der Waals surface area contributed by atoms with Gasteiger partial charge in [0.1, 0.15) is 0 Å². The average molecular weight is 348 g/mol. The van der Waals surface area contributed by atoms with Gasteiger partial charge in [0.15, 0.2) is 5.69 Å². The van der Waals surface area contributed by atoms with E-state index in [4.69, 9.17) is 0 Å². The first-order valence-electron chi connectivity index (χ1n) is 6.86. The molecule has 25 heavy (non-hydrogen) atoms. The molecule has 0 amide bonds. The molecule has 0 fully saturated rings. The van der Waals surface area contributed by atoms with Crippen molar-refractivity contribution in [1.82, 2.24) is 6.15 Å². The highest BCUT2D eigenvalue weighted by Crippen LogP contribution is 2.35. The van der Waals surface area contributed by atoms with Gasteiger partial charge in [-0.1, -0.05) is 30.3 Å². The Bertz CT molecular complexity index is 759. The van der Waals surface area contributed by atoms with Gasteiger partial charge in [0, 0.05) is 24.2 Å². The van der Waals surface area contributed by atoms with Crippen molar-refractivity contribution < 1.29 is 19.7 Å². The van der Waals surface area contributed by atoms with E-state index in [2.05, 4.69) is 5.32 Å². The van der Waals surface area contributed by atoms with Crippen LogP contribution in [0.5, 0.6) is 0 Å². The number of hydrogen-bond donors (Lipinski definition) is 2. The van der Waals surface area contributed by atoms with Crippen LogP contribution in [0.15, 0.2) is 42.5 Å². The summed E-state index contributed by atoms with van der Waals surface area (Å²) in [5.74, 6) is -1.72. The van der Waals surface area contributed by atoms with Gasteiger partial charge in [-0.15, -0.1) is 0 Å². The van der Waals surface area contributed by atoms with Crippen molar-refractivity contribution in [3.8, 4) is 0 Å². The normalized spacial score (nSPS) is 9.76. The van der Waals surface area contributed by atoms with Crippen molar-refractivity contribution in [1.29, 1.82) is 0 Å². The summed E-state index contributed by atoms with van der Waals surface area (Å²) in [5.41, 5.74) is -1.37. The smallest absolute Gasteiger partial charge is 0.300 e. The van der Waals surface area contributed by atoms with Gasteiger partial charge in [0.05, 0.1) is 15.8 Å². The van der Waals surface area contributed by atoms with E-state index >= 15 is 0 Å². The van der Waals surface area contributed by atoms with Gasteiger partial charge in [-0.3, -0.25) is 20.2 Å². The molecule has 0 heterocycles. The minimum Gasteiger partial charge on any atom is -0.545 e. The second kappa shape index (κ2) is 8.36. The van der Waals surface area contributed by atoms with Crippen molar-refractivity contribution in [2.45, 2.75) is 6.42 Å². The third-order valence-corrected chi connectivity index (χ3v) is 3.28. The van der Waals surface area contributed by atoms with Gasteiger partial charge in [0.2, 0.25) is 0 Å². The molecule has 0 radical (unpaired) electrons. The summed E-state index contributed by atoms with van der Waals surface area (Å²) in [6.07, 6.45) is 0.484. The topological polar surface area (TPSA) is 175 Å². The van der Waals surface area contributed by atoms with E-state index in [0.29, 0.717) is 6.42 Å². The summed E-state index contributed by atoms with van der Waals surface area (Å²) in [5, 5.41) is 35.8. The van der Waals surface area contributed by atoms with Crippen LogP contribution < -0.4 is 16.6 Å². The lowest BCUT2D eigenvalue weighted by atomic mass is 10.1. The van der Waals surface area contributed by atoms with Crippen LogP contribution in [0.2, 0.25) is 0 Å². The van der Waals surface area contributed by atoms with Gasteiger partial charge in [-0.25, -0.2) is 0 Å². The van der Waals surface area contributed by atoms with Crippen molar-refractivity contribution in [3.05, 3.63) is 73.8 Å². The number of nitro benzene ring substituents is 2. The summed E-state index contributed by atoms with van der Waals surface area (Å²) in [6.45, 7) is 0.205. The number of carbonyl (C=O) groups excluding carboxylic acids is 1. The van der Waals surface area contributed by atoms with E-state index < -0.39 is 32.8 Å². The van der Waals surface area contributed by atoms with Gasteiger partial charge in [-0.05, 0) is 12.0 Å². The number of carboxylic acid groups (broad SMARTS) is 1. The number of aromatic carboxylic acids is 1. The summed E-state index contributed by atoms with van der Waals surface area (Å²) in [4.78, 5) is 31.4. The molecule has 2 aromatic carbocycles. The summed E-state index contributed by atoms with van der Waals surface area (Å²) in [6, 6.07) is 10.7. The molecule has 10 nitrogen and oxygen atoms in total. The van der Waals surface area contributed by atoms with Gasteiger partial charge in [-0.2, -0.15) is 0 Å². The van der Waals surface area contributed by atoms with E-state index in [9.17, 15) is 30.1 Å². The van der Waals surface area contributed by atoms with Crippen molar-refractivity contribution in [2.24, 2.45) is 0 Å². The molecule has 0 bridgehead atoms. The summed E-state index contributed by atoms with van der Waals surface area (Å²) in [7, 11) is 0. The Morgan fingerprint density at radius 2 is 1.52 bits per heavy atom. The number of nitrogens with zero attached hydrogens (tertiary/aromatic N) is 2. The zero-order valence-electron chi connectivity index (χ0n) is 13.3. The molecule has 0 unspecified atom stereocenters. The first kappa shape index (κ1) is 19.5. The predicted octanol–water partition coefficient (Wildman–Crippen LogP) is 1.90. The lowest BCUT2D eigenvalue weighted by Gasteiger charge is -2.10. The maximum absolute atomic E-state index is 11.1. The predicted molar refractivity (Wildman–Crippen MR) is 88.7 cm³/mol. The molecule has 132 valence electrons. The number of nitrogens with one attached hydrogen (secondary N) is 1. The molecule has 5 N–H and O–H groups in total. The van der Waals surface area contributed by atoms with Crippen LogP contribution in [0.4, 0.5) is 17.1 Å². The fraction of sp³-hybridized carbons (Fsp3) is 0.133. The van der Waals surface area contributed by atoms with Crippen molar-refractivity contribution in [2.75, 3.05) is 11.9 Å². The molecule has 0 aromatic heterocycles. The molecule has 0 aliphatic carbocycles. The van der Waals surface area contributed by atoms with Crippen LogP contribution in [0.3, 0.4) is 0 Å². The Labute approximate surface area is 142 Å². The van der Waals surface area contributed by atoms with Crippen LogP contribution in [-0.2, 0) is 6.42 Å². The van der Waals surface area contributed by atoms with Crippen LogP contribution in [0.25, 0.3) is 0 Å². The highest BCUT2D eigenvalue weighted by atomic mass is 16.6. The van der Waals surface area contributed by atoms with Crippen LogP contribution in [0, 0.1) is 20.2 Å². The Morgan fingerprint density at radius 3 is 1.96 bits per heavy atom. The number of nitro groups is 2. The monoisotopic (exact) mass is 348 g/mol. The minimum absolute atomic E-state index is 0. The summed E-state index contributed by atoms with van der Waals surface area (Å²) >= 11 is 0. The largest absolute Gasteiger partial charge is 0.545 e. The maximum Gasteiger partial charge on any atom is 0.300 e. The van der Waals surface area contributed by atoms with E-state index in [-0.39, 0.29) is 18.4 Å². The zero-order valence-corrected chi connectivity index (χ0v) is 13.3. The van der Waals surface area contributed by atoms with Gasteiger partial charge in [0.25, 0.3) is 11.4 Å². The third-order valence-electron chi connectivity index (χ3n) is 3.28. The van der Waals surface area contributed by atoms with E-state index in [1.807, 2.05) is 30.3 Å². The number of quaternary nitrogens is 1. The highest BCUT2D eigenvalue weighted by molar-refractivity contribution is 5.91. The van der Waals surface area contributed by atoms with E-state index in [1.165, 1.54) is 0 Å². The molecule has 0 saturated heterocycles. The number of carbonyl (C=O) groups is 1. The lowest BCUT2D eigenvalue weighted by Crippen LogP contribution is -2.22. The molecule has 0 aliphatic heterocycles. The van der Waals surface area contributed by atoms with Crippen molar-refractivity contribution in [3.63, 3.8) is 0 Å². The molecule has 0 aliphatic rings. The number of hydrogen-bond acceptors (Lipinski definition) is 7. The molecule has 2 aromatic rings. The Hall–Kier alpha value is -3.53. The lowest BCUT2D eigenvalue weighted by molar-refractivity contribution is -0.392. The number of rotatable bonds is 7. The molecule has 0 atom stereocenters. The second-order valence-electron chi connectivity index (χ2n) is 4.85. The zero-order chi connectivity index (χ0) is 17.7. The Morgan fingerprint density at radius 1 is 1.00 bits per heavy atom. The van der Waals surface area contributed by atoms with Gasteiger partial charge >= 0.3 is 0 Å². The highest BCUT2D eigenvalue weighted by Gasteiger charge is 2.26. The fourth-order valence-corrected chi connectivity index (χ4v) is 2.18.